The van der Waals surface area contributed by atoms with Crippen LogP contribution >= 0.6 is 0 Å². The van der Waals surface area contributed by atoms with Gasteiger partial charge in [0.05, 0.1) is 39.6 Å². The maximum Gasteiger partial charge on any atom is 0.104 e. The second kappa shape index (κ2) is 16.6. The summed E-state index contributed by atoms with van der Waals surface area (Å²) < 4.78 is 39.5. The third-order valence-corrected chi connectivity index (χ3v) is 8.05. The molecule has 0 aromatic carbocycles. The Hall–Kier alpha value is -0.320. The van der Waals surface area contributed by atoms with Gasteiger partial charge in [0.2, 0.25) is 0 Å². The molecule has 0 amide bonds. The lowest BCUT2D eigenvalue weighted by Gasteiger charge is -2.28. The first-order valence-electron chi connectivity index (χ1n) is 14.5. The summed E-state index contributed by atoms with van der Waals surface area (Å²) in [7, 11) is 0. The van der Waals surface area contributed by atoms with Gasteiger partial charge in [0.15, 0.2) is 0 Å². The lowest BCUT2D eigenvalue weighted by Crippen LogP contribution is -2.28. The van der Waals surface area contributed by atoms with Crippen LogP contribution in [0.4, 0.5) is 0 Å². The first kappa shape index (κ1) is 28.7. The van der Waals surface area contributed by atoms with Crippen molar-refractivity contribution in [3.63, 3.8) is 0 Å². The van der Waals surface area contributed by atoms with Crippen LogP contribution in [0.3, 0.4) is 0 Å². The number of rotatable bonds is 20. The molecule has 2 aliphatic heterocycles. The zero-order chi connectivity index (χ0) is 24.8. The number of epoxide rings is 2. The molecule has 2 saturated heterocycles. The Bertz CT molecular complexity index is 554. The smallest absolute Gasteiger partial charge is 0.104 e. The van der Waals surface area contributed by atoms with Gasteiger partial charge in [-0.1, -0.05) is 0 Å². The number of hydrogen-bond acceptors (Lipinski definition) is 8. The van der Waals surface area contributed by atoms with Crippen LogP contribution in [0.1, 0.15) is 57.8 Å². The maximum absolute atomic E-state index is 9.63. The Balaban J connectivity index is 0.919. The van der Waals surface area contributed by atoms with E-state index in [0.29, 0.717) is 55.7 Å². The van der Waals surface area contributed by atoms with Gasteiger partial charge < -0.3 is 38.3 Å². The molecule has 210 valence electrons. The van der Waals surface area contributed by atoms with Crippen molar-refractivity contribution in [3.05, 3.63) is 0 Å². The summed E-state index contributed by atoms with van der Waals surface area (Å²) in [5.74, 6) is 2.67. The predicted octanol–water partition coefficient (Wildman–Crippen LogP) is 3.23. The highest BCUT2D eigenvalue weighted by Crippen LogP contribution is 2.30. The molecule has 4 fully saturated rings. The average molecular weight is 515 g/mol. The van der Waals surface area contributed by atoms with E-state index in [0.717, 1.165) is 59.3 Å². The van der Waals surface area contributed by atoms with Crippen LogP contribution in [0.25, 0.3) is 0 Å². The molecule has 4 aliphatic rings. The monoisotopic (exact) mass is 514 g/mol. The molecule has 2 aliphatic carbocycles. The topological polar surface area (TPSA) is 91.4 Å². The minimum absolute atomic E-state index is 0.00369. The van der Waals surface area contributed by atoms with E-state index in [9.17, 15) is 5.11 Å². The number of ether oxygens (including phenoxy) is 7. The molecule has 1 N–H and O–H groups in total. The van der Waals surface area contributed by atoms with E-state index < -0.39 is 0 Å². The van der Waals surface area contributed by atoms with Crippen molar-refractivity contribution >= 4 is 0 Å². The summed E-state index contributed by atoms with van der Waals surface area (Å²) in [5, 5.41) is 9.63. The van der Waals surface area contributed by atoms with Gasteiger partial charge in [0, 0.05) is 39.6 Å². The van der Waals surface area contributed by atoms with Crippen LogP contribution in [0.15, 0.2) is 0 Å². The van der Waals surface area contributed by atoms with Crippen molar-refractivity contribution in [1.29, 1.82) is 0 Å². The number of aliphatic hydroxyl groups excluding tert-OH is 1. The van der Waals surface area contributed by atoms with Crippen LogP contribution in [-0.2, 0) is 33.2 Å². The van der Waals surface area contributed by atoms with Crippen molar-refractivity contribution in [2.24, 2.45) is 23.7 Å². The second-order valence-electron chi connectivity index (χ2n) is 11.4. The van der Waals surface area contributed by atoms with Crippen molar-refractivity contribution in [2.75, 3.05) is 79.3 Å². The Morgan fingerprint density at radius 2 is 1.03 bits per heavy atom. The highest BCUT2D eigenvalue weighted by Gasteiger charge is 2.26. The van der Waals surface area contributed by atoms with Gasteiger partial charge in [0.25, 0.3) is 0 Å². The molecular weight excluding hydrogens is 464 g/mol. The molecular formula is C28H50O8. The van der Waals surface area contributed by atoms with Crippen molar-refractivity contribution in [2.45, 2.75) is 76.1 Å². The van der Waals surface area contributed by atoms with Crippen LogP contribution in [0.2, 0.25) is 0 Å². The normalized spacial score (nSPS) is 32.9. The van der Waals surface area contributed by atoms with Gasteiger partial charge in [-0.25, -0.2) is 0 Å². The SMILES string of the molecule is OCC(COCC1CCC(COCC2CO2)CC1)OCCCOCC1CCC(COCC2CO2)CC1. The molecule has 0 radical (unpaired) electrons. The summed E-state index contributed by atoms with van der Waals surface area (Å²) in [6.45, 7) is 8.39. The highest BCUT2D eigenvalue weighted by molar-refractivity contribution is 4.75. The zero-order valence-corrected chi connectivity index (χ0v) is 22.2. The predicted molar refractivity (Wildman–Crippen MR) is 135 cm³/mol. The van der Waals surface area contributed by atoms with Gasteiger partial charge in [-0.2, -0.15) is 0 Å². The zero-order valence-electron chi connectivity index (χ0n) is 22.2. The van der Waals surface area contributed by atoms with Crippen LogP contribution in [0.5, 0.6) is 0 Å². The molecule has 2 saturated carbocycles. The molecule has 36 heavy (non-hydrogen) atoms. The van der Waals surface area contributed by atoms with Gasteiger partial charge in [-0.3, -0.25) is 0 Å². The standard InChI is InChI=1S/C28H50O8/c29-12-26(17-31-14-23-6-8-25(9-7-23)16-33-19-28-21-36-28)34-11-1-10-30-13-22-2-4-24(5-3-22)15-32-18-27-20-35-27/h22-29H,1-21H2. The Kier molecular flexibility index (Phi) is 13.2. The summed E-state index contributed by atoms with van der Waals surface area (Å²) in [6, 6.07) is 0. The van der Waals surface area contributed by atoms with E-state index >= 15 is 0 Å². The molecule has 0 aromatic rings. The van der Waals surface area contributed by atoms with E-state index in [-0.39, 0.29) is 12.7 Å². The van der Waals surface area contributed by atoms with E-state index in [1.165, 1.54) is 51.4 Å². The third kappa shape index (κ3) is 12.0. The highest BCUT2D eigenvalue weighted by atomic mass is 16.6. The lowest BCUT2D eigenvalue weighted by atomic mass is 9.83. The van der Waals surface area contributed by atoms with E-state index in [4.69, 9.17) is 33.2 Å². The van der Waals surface area contributed by atoms with Crippen LogP contribution in [0, 0.1) is 23.7 Å². The fourth-order valence-corrected chi connectivity index (χ4v) is 5.37. The van der Waals surface area contributed by atoms with E-state index in [1.807, 2.05) is 0 Å². The third-order valence-electron chi connectivity index (χ3n) is 8.05. The number of aliphatic hydroxyl groups is 1. The Labute approximate surface area is 217 Å². The molecule has 3 atom stereocenters. The molecule has 0 aromatic heterocycles. The molecule has 8 heteroatoms. The van der Waals surface area contributed by atoms with Crippen LogP contribution in [-0.4, -0.2) is 103 Å². The molecule has 8 nitrogen and oxygen atoms in total. The summed E-state index contributed by atoms with van der Waals surface area (Å²) in [4.78, 5) is 0. The fourth-order valence-electron chi connectivity index (χ4n) is 5.37. The van der Waals surface area contributed by atoms with Crippen molar-refractivity contribution in [1.82, 2.24) is 0 Å². The summed E-state index contributed by atoms with van der Waals surface area (Å²) in [6.07, 6.45) is 11.1. The first-order chi connectivity index (χ1) is 17.8. The quantitative estimate of drug-likeness (QED) is 0.196. The van der Waals surface area contributed by atoms with Crippen molar-refractivity contribution in [3.8, 4) is 0 Å². The Morgan fingerprint density at radius 1 is 0.583 bits per heavy atom. The molecule has 3 unspecified atom stereocenters. The lowest BCUT2D eigenvalue weighted by molar-refractivity contribution is -0.0568. The van der Waals surface area contributed by atoms with Gasteiger partial charge >= 0.3 is 0 Å². The molecule has 0 bridgehead atoms. The van der Waals surface area contributed by atoms with Crippen LogP contribution < -0.4 is 0 Å². The van der Waals surface area contributed by atoms with Gasteiger partial charge in [0.1, 0.15) is 18.3 Å². The van der Waals surface area contributed by atoms with Gasteiger partial charge in [-0.15, -0.1) is 0 Å². The van der Waals surface area contributed by atoms with E-state index in [1.54, 1.807) is 0 Å². The fraction of sp³-hybridized carbons (Fsp3) is 1.00. The average Bonchev–Trinajstić information content (AvgIpc) is 3.83. The molecule has 2 heterocycles. The minimum atomic E-state index is -0.247. The molecule has 0 spiro atoms. The molecule has 4 rings (SSSR count). The van der Waals surface area contributed by atoms with Crippen molar-refractivity contribution < 1.29 is 38.3 Å². The summed E-state index contributed by atoms with van der Waals surface area (Å²) >= 11 is 0. The maximum atomic E-state index is 9.63. The Morgan fingerprint density at radius 3 is 1.47 bits per heavy atom. The number of hydrogen-bond donors (Lipinski definition) is 1. The largest absolute Gasteiger partial charge is 0.394 e. The van der Waals surface area contributed by atoms with Gasteiger partial charge in [-0.05, 0) is 81.5 Å². The first-order valence-corrected chi connectivity index (χ1v) is 14.5. The minimum Gasteiger partial charge on any atom is -0.394 e. The van der Waals surface area contributed by atoms with E-state index in [2.05, 4.69) is 0 Å². The second-order valence-corrected chi connectivity index (χ2v) is 11.4. The summed E-state index contributed by atoms with van der Waals surface area (Å²) in [5.41, 5.74) is 0.